The van der Waals surface area contributed by atoms with Crippen molar-refractivity contribution < 1.29 is 0 Å². The molecule has 0 aromatic carbocycles. The Morgan fingerprint density at radius 1 is 1.29 bits per heavy atom. The number of pyridine rings is 2. The zero-order valence-electron chi connectivity index (χ0n) is 11.5. The number of nitrogens with one attached hydrogen (secondary N) is 1. The molecule has 2 heterocycles. The number of hydrogen-bond acceptors (Lipinski definition) is 4. The van der Waals surface area contributed by atoms with Crippen LogP contribution in [0.5, 0.6) is 0 Å². The number of aromatic nitrogens is 2. The van der Waals surface area contributed by atoms with Gasteiger partial charge in [-0.3, -0.25) is 0 Å². The number of rotatable bonds is 4. The summed E-state index contributed by atoms with van der Waals surface area (Å²) in [6.07, 6.45) is 1.67. The zero-order chi connectivity index (χ0) is 15.4. The summed E-state index contributed by atoms with van der Waals surface area (Å²) < 4.78 is 0. The van der Waals surface area contributed by atoms with E-state index in [9.17, 15) is 0 Å². The van der Waals surface area contributed by atoms with Gasteiger partial charge in [-0.25, -0.2) is 9.97 Å². The highest BCUT2D eigenvalue weighted by atomic mass is 35.5. The maximum absolute atomic E-state index is 8.90. The molecule has 2 rings (SSSR count). The Bertz CT molecular complexity index is 759. The monoisotopic (exact) mass is 296 g/mol. The van der Waals surface area contributed by atoms with E-state index in [1.807, 2.05) is 6.07 Å². The summed E-state index contributed by atoms with van der Waals surface area (Å²) >= 11 is 5.94. The fraction of sp³-hybridized carbons (Fsp3) is 0.0625. The molecule has 5 heteroatoms. The molecule has 0 aliphatic heterocycles. The third kappa shape index (κ3) is 3.28. The highest BCUT2D eigenvalue weighted by Gasteiger charge is 2.07. The lowest BCUT2D eigenvalue weighted by Gasteiger charge is -2.09. The summed E-state index contributed by atoms with van der Waals surface area (Å²) in [5, 5.41) is 12.3. The third-order valence-corrected chi connectivity index (χ3v) is 3.04. The van der Waals surface area contributed by atoms with Gasteiger partial charge in [-0.05, 0) is 31.2 Å². The van der Waals surface area contributed by atoms with Crippen molar-refractivity contribution in [1.82, 2.24) is 9.97 Å². The minimum absolute atomic E-state index is 0.345. The average molecular weight is 297 g/mol. The summed E-state index contributed by atoms with van der Waals surface area (Å²) in [7, 11) is 0. The van der Waals surface area contributed by atoms with Crippen molar-refractivity contribution in [2.75, 3.05) is 5.32 Å². The smallest absolute Gasteiger partial charge is 0.132 e. The first-order chi connectivity index (χ1) is 10.0. The SMILES string of the molecule is C=Cc1ccc(Nc2ccc(C#N)c(C)n2)nc1C(=C)Cl. The van der Waals surface area contributed by atoms with E-state index < -0.39 is 0 Å². The van der Waals surface area contributed by atoms with Gasteiger partial charge in [-0.15, -0.1) is 0 Å². The quantitative estimate of drug-likeness (QED) is 0.916. The summed E-state index contributed by atoms with van der Waals surface area (Å²) in [5.74, 6) is 1.20. The van der Waals surface area contributed by atoms with Crippen LogP contribution in [-0.4, -0.2) is 9.97 Å². The van der Waals surface area contributed by atoms with Crippen LogP contribution in [0.25, 0.3) is 11.1 Å². The molecule has 0 aliphatic rings. The molecule has 1 N–H and O–H groups in total. The molecular formula is C16H13ClN4. The number of nitriles is 1. The molecule has 0 unspecified atom stereocenters. The Morgan fingerprint density at radius 3 is 2.52 bits per heavy atom. The normalized spacial score (nSPS) is 9.76. The van der Waals surface area contributed by atoms with Crippen molar-refractivity contribution in [2.45, 2.75) is 6.92 Å². The van der Waals surface area contributed by atoms with Gasteiger partial charge in [0, 0.05) is 5.56 Å². The van der Waals surface area contributed by atoms with Crippen molar-refractivity contribution in [3.63, 3.8) is 0 Å². The number of halogens is 1. The molecule has 2 aromatic rings. The number of aryl methyl sites for hydroxylation is 1. The van der Waals surface area contributed by atoms with Crippen LogP contribution in [0.1, 0.15) is 22.5 Å². The van der Waals surface area contributed by atoms with Crippen LogP contribution in [0.2, 0.25) is 0 Å². The van der Waals surface area contributed by atoms with Gasteiger partial charge in [0.15, 0.2) is 0 Å². The second-order valence-electron chi connectivity index (χ2n) is 4.31. The number of hydrogen-bond donors (Lipinski definition) is 1. The van der Waals surface area contributed by atoms with E-state index in [-0.39, 0.29) is 0 Å². The van der Waals surface area contributed by atoms with Crippen molar-refractivity contribution >= 4 is 34.3 Å². The summed E-state index contributed by atoms with van der Waals surface area (Å²) in [6, 6.07) is 9.17. The Hall–Kier alpha value is -2.64. The summed E-state index contributed by atoms with van der Waals surface area (Å²) in [5.41, 5.74) is 2.59. The molecule has 0 saturated heterocycles. The second kappa shape index (κ2) is 6.21. The van der Waals surface area contributed by atoms with Crippen LogP contribution in [-0.2, 0) is 0 Å². The van der Waals surface area contributed by atoms with E-state index in [0.717, 1.165) is 5.56 Å². The molecule has 21 heavy (non-hydrogen) atoms. The van der Waals surface area contributed by atoms with Crippen LogP contribution in [0.4, 0.5) is 11.6 Å². The van der Waals surface area contributed by atoms with Gasteiger partial charge < -0.3 is 5.32 Å². The number of nitrogens with zero attached hydrogens (tertiary/aromatic N) is 3. The van der Waals surface area contributed by atoms with E-state index in [1.54, 1.807) is 31.2 Å². The average Bonchev–Trinajstić information content (AvgIpc) is 2.47. The predicted octanol–water partition coefficient (Wildman–Crippen LogP) is 4.25. The fourth-order valence-electron chi connectivity index (χ4n) is 1.80. The molecule has 2 aromatic heterocycles. The molecule has 4 nitrogen and oxygen atoms in total. The van der Waals surface area contributed by atoms with Gasteiger partial charge >= 0.3 is 0 Å². The first kappa shape index (κ1) is 14.8. The topological polar surface area (TPSA) is 61.6 Å². The van der Waals surface area contributed by atoms with Crippen molar-refractivity contribution in [2.24, 2.45) is 0 Å². The molecule has 0 saturated carbocycles. The Balaban J connectivity index is 2.34. The van der Waals surface area contributed by atoms with E-state index in [2.05, 4.69) is 34.5 Å². The number of anilines is 2. The molecule has 0 fully saturated rings. The molecule has 0 spiro atoms. The van der Waals surface area contributed by atoms with Gasteiger partial charge in [0.2, 0.25) is 0 Å². The maximum atomic E-state index is 8.90. The van der Waals surface area contributed by atoms with Crippen molar-refractivity contribution in [3.8, 4) is 6.07 Å². The maximum Gasteiger partial charge on any atom is 0.132 e. The molecular weight excluding hydrogens is 284 g/mol. The lowest BCUT2D eigenvalue weighted by molar-refractivity contribution is 1.16. The van der Waals surface area contributed by atoms with Crippen LogP contribution < -0.4 is 5.32 Å². The minimum Gasteiger partial charge on any atom is -0.325 e. The van der Waals surface area contributed by atoms with Crippen molar-refractivity contribution in [1.29, 1.82) is 5.26 Å². The summed E-state index contributed by atoms with van der Waals surface area (Å²) in [4.78, 5) is 8.70. The minimum atomic E-state index is 0.345. The van der Waals surface area contributed by atoms with Crippen LogP contribution in [0.15, 0.2) is 37.4 Å². The second-order valence-corrected chi connectivity index (χ2v) is 4.77. The fourth-order valence-corrected chi connectivity index (χ4v) is 1.95. The molecule has 0 atom stereocenters. The highest BCUT2D eigenvalue weighted by Crippen LogP contribution is 2.23. The largest absolute Gasteiger partial charge is 0.325 e. The Morgan fingerprint density at radius 2 is 1.95 bits per heavy atom. The first-order valence-electron chi connectivity index (χ1n) is 6.18. The van der Waals surface area contributed by atoms with Crippen LogP contribution >= 0.6 is 11.6 Å². The predicted molar refractivity (Wildman–Crippen MR) is 86.2 cm³/mol. The zero-order valence-corrected chi connectivity index (χ0v) is 12.3. The van der Waals surface area contributed by atoms with Gasteiger partial charge in [-0.1, -0.05) is 30.8 Å². The van der Waals surface area contributed by atoms with Crippen LogP contribution in [0, 0.1) is 18.3 Å². The lowest BCUT2D eigenvalue weighted by Crippen LogP contribution is -2.00. The highest BCUT2D eigenvalue weighted by molar-refractivity contribution is 6.48. The van der Waals surface area contributed by atoms with Gasteiger partial charge in [0.25, 0.3) is 0 Å². The molecule has 0 aliphatic carbocycles. The van der Waals surface area contributed by atoms with Gasteiger partial charge in [0.05, 0.1) is 22.0 Å². The van der Waals surface area contributed by atoms with E-state index >= 15 is 0 Å². The lowest BCUT2D eigenvalue weighted by atomic mass is 10.2. The van der Waals surface area contributed by atoms with E-state index in [4.69, 9.17) is 16.9 Å². The van der Waals surface area contributed by atoms with Crippen molar-refractivity contribution in [3.05, 3.63) is 59.9 Å². The van der Waals surface area contributed by atoms with Crippen LogP contribution in [0.3, 0.4) is 0 Å². The van der Waals surface area contributed by atoms with Gasteiger partial charge in [0.1, 0.15) is 17.7 Å². The molecule has 104 valence electrons. The first-order valence-corrected chi connectivity index (χ1v) is 6.56. The van der Waals surface area contributed by atoms with Gasteiger partial charge in [-0.2, -0.15) is 5.26 Å². The summed E-state index contributed by atoms with van der Waals surface area (Å²) in [6.45, 7) is 9.19. The Labute approximate surface area is 128 Å². The van der Waals surface area contributed by atoms with E-state index in [1.165, 1.54) is 0 Å². The standard InChI is InChI=1S/C16H13ClN4/c1-4-12-5-7-15(21-16(12)10(2)17)20-14-8-6-13(9-18)11(3)19-14/h4-8H,1-2H2,3H3,(H,19,20,21). The molecule has 0 bridgehead atoms. The molecule has 0 amide bonds. The Kier molecular flexibility index (Phi) is 4.36. The van der Waals surface area contributed by atoms with E-state index in [0.29, 0.717) is 33.6 Å². The molecule has 0 radical (unpaired) electrons. The third-order valence-electron chi connectivity index (χ3n) is 2.87.